The van der Waals surface area contributed by atoms with E-state index in [1.807, 2.05) is 13.0 Å². The molecule has 0 saturated heterocycles. The van der Waals surface area contributed by atoms with E-state index in [1.165, 1.54) is 4.90 Å². The molecule has 25 heavy (non-hydrogen) atoms. The third-order valence-corrected chi connectivity index (χ3v) is 4.43. The number of fused-ring (bicyclic) bond motifs is 1. The number of nitrogens with two attached hydrogens (primary N) is 1. The molecule has 0 aliphatic heterocycles. The second-order valence-electron chi connectivity index (χ2n) is 6.29. The number of halogens is 1. The molecular weight excluding hydrogens is 319 g/mol. The van der Waals surface area contributed by atoms with Crippen molar-refractivity contribution in [3.05, 3.63) is 47.0 Å². The maximum absolute atomic E-state index is 15.1. The SMILES string of the molecule is CCc1c(C)[nH]c2ncc(-c3ccc(N)c(C(=O)N(C)C)c3F)cc12. The Bertz CT molecular complexity index is 975. The Morgan fingerprint density at radius 2 is 2.08 bits per heavy atom. The van der Waals surface area contributed by atoms with Gasteiger partial charge in [-0.1, -0.05) is 6.92 Å². The number of nitrogens with one attached hydrogen (secondary N) is 1. The molecule has 0 atom stereocenters. The van der Waals surface area contributed by atoms with E-state index >= 15 is 4.39 Å². The molecule has 0 spiro atoms. The molecule has 130 valence electrons. The topological polar surface area (TPSA) is 75.0 Å². The molecule has 3 aromatic rings. The summed E-state index contributed by atoms with van der Waals surface area (Å²) in [5.41, 5.74) is 9.78. The molecule has 5 nitrogen and oxygen atoms in total. The minimum Gasteiger partial charge on any atom is -0.398 e. The predicted octanol–water partition coefficient (Wildman–Crippen LogP) is 3.52. The molecule has 1 amide bonds. The lowest BCUT2D eigenvalue weighted by Crippen LogP contribution is -2.24. The molecule has 3 N–H and O–H groups in total. The van der Waals surface area contributed by atoms with Crippen LogP contribution in [0.2, 0.25) is 0 Å². The van der Waals surface area contributed by atoms with Crippen LogP contribution in [-0.4, -0.2) is 34.9 Å². The predicted molar refractivity (Wildman–Crippen MR) is 98.0 cm³/mol. The van der Waals surface area contributed by atoms with E-state index in [-0.39, 0.29) is 11.3 Å². The number of nitrogens with zero attached hydrogens (tertiary/aromatic N) is 2. The van der Waals surface area contributed by atoms with Gasteiger partial charge in [0.2, 0.25) is 0 Å². The van der Waals surface area contributed by atoms with Gasteiger partial charge in [-0.25, -0.2) is 9.37 Å². The van der Waals surface area contributed by atoms with Crippen molar-refractivity contribution in [2.75, 3.05) is 19.8 Å². The Morgan fingerprint density at radius 3 is 2.72 bits per heavy atom. The van der Waals surface area contributed by atoms with Gasteiger partial charge >= 0.3 is 0 Å². The number of aryl methyl sites for hydroxylation is 2. The van der Waals surface area contributed by atoms with Crippen molar-refractivity contribution in [2.45, 2.75) is 20.3 Å². The fraction of sp³-hybridized carbons (Fsp3) is 0.263. The van der Waals surface area contributed by atoms with Gasteiger partial charge in [0.15, 0.2) is 0 Å². The Morgan fingerprint density at radius 1 is 1.36 bits per heavy atom. The fourth-order valence-corrected chi connectivity index (χ4v) is 3.11. The van der Waals surface area contributed by atoms with Crippen molar-refractivity contribution in [1.29, 1.82) is 0 Å². The summed E-state index contributed by atoms with van der Waals surface area (Å²) in [5, 5.41) is 0.967. The van der Waals surface area contributed by atoms with Crippen LogP contribution in [0.1, 0.15) is 28.5 Å². The summed E-state index contributed by atoms with van der Waals surface area (Å²) in [4.78, 5) is 21.2. The average Bonchev–Trinajstić information content (AvgIpc) is 2.88. The van der Waals surface area contributed by atoms with Gasteiger partial charge in [-0.3, -0.25) is 4.79 Å². The van der Waals surface area contributed by atoms with Crippen molar-refractivity contribution >= 4 is 22.6 Å². The summed E-state index contributed by atoms with van der Waals surface area (Å²) >= 11 is 0. The van der Waals surface area contributed by atoms with Gasteiger partial charge in [-0.15, -0.1) is 0 Å². The van der Waals surface area contributed by atoms with Gasteiger partial charge in [0.05, 0.1) is 5.56 Å². The van der Waals surface area contributed by atoms with Gasteiger partial charge < -0.3 is 15.6 Å². The molecule has 0 aliphatic rings. The highest BCUT2D eigenvalue weighted by Crippen LogP contribution is 2.31. The summed E-state index contributed by atoms with van der Waals surface area (Å²) < 4.78 is 15.1. The monoisotopic (exact) mass is 340 g/mol. The Labute approximate surface area is 145 Å². The normalized spacial score (nSPS) is 11.1. The number of aromatic nitrogens is 2. The third kappa shape index (κ3) is 2.73. The van der Waals surface area contributed by atoms with E-state index in [1.54, 1.807) is 32.4 Å². The van der Waals surface area contributed by atoms with Crippen LogP contribution in [0.3, 0.4) is 0 Å². The Balaban J connectivity index is 2.21. The van der Waals surface area contributed by atoms with Crippen molar-refractivity contribution < 1.29 is 9.18 Å². The first kappa shape index (κ1) is 17.0. The lowest BCUT2D eigenvalue weighted by Gasteiger charge is -2.15. The number of aromatic amines is 1. The molecule has 1 aromatic carbocycles. The van der Waals surface area contributed by atoms with E-state index in [4.69, 9.17) is 5.73 Å². The summed E-state index contributed by atoms with van der Waals surface area (Å²) in [5.74, 6) is -1.08. The second-order valence-corrected chi connectivity index (χ2v) is 6.29. The number of pyridine rings is 1. The zero-order chi connectivity index (χ0) is 18.3. The molecule has 0 radical (unpaired) electrons. The average molecular weight is 340 g/mol. The van der Waals surface area contributed by atoms with E-state index in [0.29, 0.717) is 11.1 Å². The van der Waals surface area contributed by atoms with Crippen LogP contribution in [0.15, 0.2) is 24.4 Å². The number of hydrogen-bond acceptors (Lipinski definition) is 3. The highest BCUT2D eigenvalue weighted by Gasteiger charge is 2.21. The van der Waals surface area contributed by atoms with Gasteiger partial charge in [0.1, 0.15) is 11.5 Å². The van der Waals surface area contributed by atoms with Crippen LogP contribution < -0.4 is 5.73 Å². The quantitative estimate of drug-likeness (QED) is 0.716. The lowest BCUT2D eigenvalue weighted by atomic mass is 9.99. The maximum Gasteiger partial charge on any atom is 0.258 e. The van der Waals surface area contributed by atoms with Gasteiger partial charge in [0.25, 0.3) is 5.91 Å². The number of rotatable bonds is 3. The van der Waals surface area contributed by atoms with E-state index in [9.17, 15) is 4.79 Å². The minimum atomic E-state index is -0.620. The van der Waals surface area contributed by atoms with E-state index < -0.39 is 11.7 Å². The number of carbonyl (C=O) groups is 1. The van der Waals surface area contributed by atoms with Crippen LogP contribution in [-0.2, 0) is 6.42 Å². The maximum atomic E-state index is 15.1. The number of hydrogen-bond donors (Lipinski definition) is 2. The summed E-state index contributed by atoms with van der Waals surface area (Å²) in [6, 6.07) is 5.05. The molecular formula is C19H21FN4O. The highest BCUT2D eigenvalue weighted by atomic mass is 19.1. The Kier molecular flexibility index (Phi) is 4.20. The lowest BCUT2D eigenvalue weighted by molar-refractivity contribution is 0.0824. The smallest absolute Gasteiger partial charge is 0.258 e. The summed E-state index contributed by atoms with van der Waals surface area (Å²) in [7, 11) is 3.13. The molecule has 3 rings (SSSR count). The third-order valence-electron chi connectivity index (χ3n) is 4.43. The van der Waals surface area contributed by atoms with Crippen LogP contribution in [0.4, 0.5) is 10.1 Å². The van der Waals surface area contributed by atoms with Crippen molar-refractivity contribution in [2.24, 2.45) is 0 Å². The molecule has 0 fully saturated rings. The Hall–Kier alpha value is -2.89. The standard InChI is InChI=1S/C19H21FN4O/c1-5-12-10(2)23-18-14(12)8-11(9-22-18)13-6-7-15(21)16(17(13)20)19(25)24(3)4/h6-9H,5,21H2,1-4H3,(H,22,23). The number of H-pyrrole nitrogens is 1. The first-order valence-corrected chi connectivity index (χ1v) is 8.12. The largest absolute Gasteiger partial charge is 0.398 e. The zero-order valence-corrected chi connectivity index (χ0v) is 14.8. The number of benzene rings is 1. The van der Waals surface area contributed by atoms with Crippen LogP contribution >= 0.6 is 0 Å². The number of carbonyl (C=O) groups excluding carboxylic acids is 1. The highest BCUT2D eigenvalue weighted by molar-refractivity contribution is 6.00. The van der Waals surface area contributed by atoms with E-state index in [2.05, 4.69) is 16.9 Å². The second kappa shape index (κ2) is 6.20. The van der Waals surface area contributed by atoms with Crippen molar-refractivity contribution in [3.8, 4) is 11.1 Å². The molecule has 0 bridgehead atoms. The molecule has 0 aliphatic carbocycles. The number of amides is 1. The minimum absolute atomic E-state index is 0.108. The van der Waals surface area contributed by atoms with Gasteiger partial charge in [-0.05, 0) is 37.1 Å². The van der Waals surface area contributed by atoms with Gasteiger partial charge in [-0.2, -0.15) is 0 Å². The summed E-state index contributed by atoms with van der Waals surface area (Å²) in [6.45, 7) is 4.07. The number of nitrogen functional groups attached to an aromatic ring is 1. The fourth-order valence-electron chi connectivity index (χ4n) is 3.11. The first-order chi connectivity index (χ1) is 11.8. The molecule has 0 saturated carbocycles. The molecule has 6 heteroatoms. The first-order valence-electron chi connectivity index (χ1n) is 8.12. The molecule has 2 heterocycles. The van der Waals surface area contributed by atoms with Crippen LogP contribution in [0.5, 0.6) is 0 Å². The van der Waals surface area contributed by atoms with Crippen LogP contribution in [0, 0.1) is 12.7 Å². The number of anilines is 1. The molecule has 0 unspecified atom stereocenters. The van der Waals surface area contributed by atoms with Crippen LogP contribution in [0.25, 0.3) is 22.2 Å². The van der Waals surface area contributed by atoms with Crippen molar-refractivity contribution in [3.63, 3.8) is 0 Å². The van der Waals surface area contributed by atoms with E-state index in [0.717, 1.165) is 28.7 Å². The molecule has 2 aromatic heterocycles. The van der Waals surface area contributed by atoms with Crippen molar-refractivity contribution in [1.82, 2.24) is 14.9 Å². The summed E-state index contributed by atoms with van der Waals surface area (Å²) in [6.07, 6.45) is 2.46. The zero-order valence-electron chi connectivity index (χ0n) is 14.8. The van der Waals surface area contributed by atoms with Gasteiger partial charge in [0, 0.05) is 48.2 Å².